The molecular weight excluding hydrogens is 745 g/mol. The number of urea groups is 1. The largest absolute Gasteiger partial charge is 0.364 e. The summed E-state index contributed by atoms with van der Waals surface area (Å²) in [5, 5.41) is 8.40. The molecule has 0 saturated carbocycles. The van der Waals surface area contributed by atoms with Crippen LogP contribution in [0.4, 0.5) is 22.1 Å². The fraction of sp³-hybridized carbons (Fsp3) is 0.405. The number of carbonyl (C=O) groups excluding carboxylic acids is 6. The topological polar surface area (TPSA) is 237 Å². The number of benzene rings is 2. The summed E-state index contributed by atoms with van der Waals surface area (Å²) >= 11 is 0. The van der Waals surface area contributed by atoms with E-state index in [0.717, 1.165) is 42.7 Å². The number of nitrogens with two attached hydrogens (primary N) is 1. The normalized spacial score (nSPS) is 22.0. The highest BCUT2D eigenvalue weighted by molar-refractivity contribution is 7.90. The lowest BCUT2D eigenvalue weighted by Crippen LogP contribution is -2.73. The van der Waals surface area contributed by atoms with Crippen molar-refractivity contribution in [2.75, 3.05) is 55.7 Å². The van der Waals surface area contributed by atoms with Gasteiger partial charge in [0.2, 0.25) is 11.8 Å². The third-order valence-electron chi connectivity index (χ3n) is 11.0. The Morgan fingerprint density at radius 1 is 0.982 bits per heavy atom. The van der Waals surface area contributed by atoms with Gasteiger partial charge in [0.15, 0.2) is 21.3 Å². The van der Waals surface area contributed by atoms with E-state index in [1.54, 1.807) is 29.2 Å². The Balaban J connectivity index is 0.827. The number of hydrogen-bond donors (Lipinski definition) is 4. The van der Waals surface area contributed by atoms with Gasteiger partial charge in [0, 0.05) is 75.6 Å². The molecule has 4 fully saturated rings. The Bertz CT molecular complexity index is 2290. The number of sulfone groups is 1. The summed E-state index contributed by atoms with van der Waals surface area (Å²) in [5.74, 6) is -2.28. The van der Waals surface area contributed by atoms with Gasteiger partial charge in [-0.3, -0.25) is 39.1 Å². The van der Waals surface area contributed by atoms with E-state index in [9.17, 15) is 37.2 Å². The number of fused-ring (bicyclic) bond motifs is 1. The van der Waals surface area contributed by atoms with Gasteiger partial charge in [0.25, 0.3) is 17.7 Å². The van der Waals surface area contributed by atoms with Crippen molar-refractivity contribution < 1.29 is 37.2 Å². The van der Waals surface area contributed by atoms with Crippen molar-refractivity contribution in [2.45, 2.75) is 49.2 Å². The number of rotatable bonds is 9. The number of carbonyl (C=O) groups is 6. The molecule has 5 N–H and O–H groups in total. The van der Waals surface area contributed by atoms with Crippen LogP contribution in [0.3, 0.4) is 0 Å². The van der Waals surface area contributed by atoms with Gasteiger partial charge < -0.3 is 26.2 Å². The SMILES string of the molecule is CS(=O)(=O)c1ccc(Nc2nc(N3CCC[C@@H](NC(=O)N4CC5(CN(Cc6ccc7c(c6)C(=O)N(C6CCC(=O)NC6=O)C7=O)C5)C4)C3)cnc2C(N)=O)cc1. The molecule has 6 heterocycles. The molecule has 292 valence electrons. The molecule has 3 aromatic rings. The van der Waals surface area contributed by atoms with Gasteiger partial charge in [-0.15, -0.1) is 0 Å². The number of nitrogens with zero attached hydrogens (tertiary/aromatic N) is 6. The highest BCUT2D eigenvalue weighted by atomic mass is 32.2. The Morgan fingerprint density at radius 2 is 1.71 bits per heavy atom. The molecule has 1 unspecified atom stereocenters. The molecule has 18 nitrogen and oxygen atoms in total. The Labute approximate surface area is 321 Å². The van der Waals surface area contributed by atoms with Crippen LogP contribution in [0.15, 0.2) is 53.6 Å². The smallest absolute Gasteiger partial charge is 0.317 e. The Morgan fingerprint density at radius 3 is 2.41 bits per heavy atom. The zero-order valence-electron chi connectivity index (χ0n) is 30.5. The quantitative estimate of drug-likeness (QED) is 0.218. The Kier molecular flexibility index (Phi) is 9.23. The molecule has 4 saturated heterocycles. The lowest BCUT2D eigenvalue weighted by Gasteiger charge is -2.60. The van der Waals surface area contributed by atoms with Crippen molar-refractivity contribution in [3.8, 4) is 0 Å². The molecule has 56 heavy (non-hydrogen) atoms. The van der Waals surface area contributed by atoms with Crippen LogP contribution in [0.1, 0.15) is 62.5 Å². The van der Waals surface area contributed by atoms with Crippen molar-refractivity contribution in [1.82, 2.24) is 35.3 Å². The molecule has 5 aliphatic heterocycles. The van der Waals surface area contributed by atoms with E-state index >= 15 is 0 Å². The molecule has 19 heteroatoms. The lowest BCUT2D eigenvalue weighted by molar-refractivity contribution is -0.136. The van der Waals surface area contributed by atoms with Crippen LogP contribution in [-0.2, 0) is 26.0 Å². The second-order valence-electron chi connectivity index (χ2n) is 15.3. The molecule has 5 aliphatic rings. The minimum atomic E-state index is -3.38. The van der Waals surface area contributed by atoms with Gasteiger partial charge >= 0.3 is 6.03 Å². The van der Waals surface area contributed by atoms with E-state index < -0.39 is 45.4 Å². The standard InChI is InChI=1S/C37H40N10O8S/c1-56(54,55)24-7-5-22(6-8-24)40-32-30(31(38)49)39-14-28(42-32)45-12-2-3-23(16-45)41-36(53)46-19-37(20-46)17-44(18-37)15-21-4-9-25-26(13-21)35(52)47(34(25)51)27-10-11-29(48)43-33(27)50/h4-9,13-14,23,27H,2-3,10-12,15-20H2,1H3,(H2,38,49)(H,40,42)(H,41,53)(H,43,48,50)/t23-,27?/m1/s1. The number of aromatic nitrogens is 2. The molecular formula is C37H40N10O8S. The van der Waals surface area contributed by atoms with E-state index in [2.05, 4.69) is 30.8 Å². The summed E-state index contributed by atoms with van der Waals surface area (Å²) in [5.41, 5.74) is 7.35. The summed E-state index contributed by atoms with van der Waals surface area (Å²) in [7, 11) is -3.38. The maximum absolute atomic E-state index is 13.3. The highest BCUT2D eigenvalue weighted by Gasteiger charge is 2.53. The highest BCUT2D eigenvalue weighted by Crippen LogP contribution is 2.41. The number of likely N-dealkylation sites (tertiary alicyclic amines) is 2. The third kappa shape index (κ3) is 7.03. The summed E-state index contributed by atoms with van der Waals surface area (Å²) < 4.78 is 23.7. The summed E-state index contributed by atoms with van der Waals surface area (Å²) in [6.07, 6.45) is 4.32. The first kappa shape index (κ1) is 37.0. The van der Waals surface area contributed by atoms with Gasteiger partial charge in [-0.2, -0.15) is 0 Å². The zero-order valence-corrected chi connectivity index (χ0v) is 31.3. The monoisotopic (exact) mass is 784 g/mol. The molecule has 1 spiro atoms. The van der Waals surface area contributed by atoms with E-state index in [1.807, 2.05) is 11.0 Å². The van der Waals surface area contributed by atoms with Crippen LogP contribution in [-0.4, -0.2) is 126 Å². The van der Waals surface area contributed by atoms with Crippen molar-refractivity contribution in [1.29, 1.82) is 0 Å². The maximum atomic E-state index is 13.3. The van der Waals surface area contributed by atoms with E-state index in [1.165, 1.54) is 18.3 Å². The summed E-state index contributed by atoms with van der Waals surface area (Å²) in [4.78, 5) is 91.7. The van der Waals surface area contributed by atoms with Crippen LogP contribution >= 0.6 is 0 Å². The van der Waals surface area contributed by atoms with Crippen molar-refractivity contribution in [3.05, 3.63) is 71.0 Å². The minimum Gasteiger partial charge on any atom is -0.364 e. The molecule has 2 atom stereocenters. The summed E-state index contributed by atoms with van der Waals surface area (Å²) in [6, 6.07) is 9.86. The van der Waals surface area contributed by atoms with Crippen LogP contribution in [0, 0.1) is 5.41 Å². The van der Waals surface area contributed by atoms with Crippen LogP contribution in [0.5, 0.6) is 0 Å². The van der Waals surface area contributed by atoms with E-state index in [-0.39, 0.29) is 57.9 Å². The second kappa shape index (κ2) is 14.0. The predicted octanol–water partition coefficient (Wildman–Crippen LogP) is 0.620. The number of anilines is 3. The summed E-state index contributed by atoms with van der Waals surface area (Å²) in [6.45, 7) is 4.49. The molecule has 8 rings (SSSR count). The number of imide groups is 2. The molecule has 0 bridgehead atoms. The van der Waals surface area contributed by atoms with Gasteiger partial charge in [0.05, 0.1) is 22.2 Å². The van der Waals surface area contributed by atoms with E-state index in [4.69, 9.17) is 5.73 Å². The molecule has 0 aliphatic carbocycles. The number of hydrogen-bond acceptors (Lipinski definition) is 13. The average molecular weight is 785 g/mol. The molecule has 0 radical (unpaired) electrons. The lowest BCUT2D eigenvalue weighted by atomic mass is 9.73. The number of amides is 7. The minimum absolute atomic E-state index is 0.00664. The zero-order chi connectivity index (χ0) is 39.5. The predicted molar refractivity (Wildman–Crippen MR) is 200 cm³/mol. The maximum Gasteiger partial charge on any atom is 0.317 e. The average Bonchev–Trinajstić information content (AvgIpc) is 3.36. The van der Waals surface area contributed by atoms with Crippen molar-refractivity contribution in [3.63, 3.8) is 0 Å². The van der Waals surface area contributed by atoms with Crippen molar-refractivity contribution in [2.24, 2.45) is 11.1 Å². The van der Waals surface area contributed by atoms with Gasteiger partial charge in [0.1, 0.15) is 11.9 Å². The van der Waals surface area contributed by atoms with Crippen LogP contribution < -0.4 is 26.6 Å². The van der Waals surface area contributed by atoms with Crippen molar-refractivity contribution >= 4 is 62.7 Å². The fourth-order valence-corrected chi connectivity index (χ4v) is 8.92. The first-order valence-corrected chi connectivity index (χ1v) is 20.2. The van der Waals surface area contributed by atoms with Gasteiger partial charge in [-0.05, 0) is 61.2 Å². The Hall–Kier alpha value is -5.95. The van der Waals surface area contributed by atoms with Crippen LogP contribution in [0.25, 0.3) is 0 Å². The first-order chi connectivity index (χ1) is 26.7. The first-order valence-electron chi connectivity index (χ1n) is 18.3. The third-order valence-corrected chi connectivity index (χ3v) is 12.1. The van der Waals surface area contributed by atoms with Gasteiger partial charge in [-0.25, -0.2) is 23.2 Å². The van der Waals surface area contributed by atoms with E-state index in [0.29, 0.717) is 44.2 Å². The number of primary amides is 1. The second-order valence-corrected chi connectivity index (χ2v) is 17.3. The number of piperidine rings is 2. The molecule has 2 aromatic carbocycles. The van der Waals surface area contributed by atoms with Gasteiger partial charge in [-0.1, -0.05) is 6.07 Å². The van der Waals surface area contributed by atoms with Crippen LogP contribution in [0.2, 0.25) is 0 Å². The number of nitrogens with one attached hydrogen (secondary N) is 3. The molecule has 1 aromatic heterocycles. The fourth-order valence-electron chi connectivity index (χ4n) is 8.29. The molecule has 7 amide bonds.